The van der Waals surface area contributed by atoms with Crippen LogP contribution >= 0.6 is 0 Å². The van der Waals surface area contributed by atoms with Gasteiger partial charge in [-0.2, -0.15) is 0 Å². The average Bonchev–Trinajstić information content (AvgIpc) is 3.13. The second-order valence-corrected chi connectivity index (χ2v) is 8.47. The first-order valence-corrected chi connectivity index (χ1v) is 10.6. The number of sulfone groups is 1. The Morgan fingerprint density at radius 1 is 1.19 bits per heavy atom. The van der Waals surface area contributed by atoms with Crippen LogP contribution in [0.25, 0.3) is 0 Å². The third kappa shape index (κ3) is 4.46. The molecule has 7 heteroatoms. The molecule has 1 N–H and O–H groups in total. The fourth-order valence-electron chi connectivity index (χ4n) is 3.12. The van der Waals surface area contributed by atoms with Crippen LogP contribution in [0.5, 0.6) is 11.5 Å². The lowest BCUT2D eigenvalue weighted by Crippen LogP contribution is -2.12. The van der Waals surface area contributed by atoms with E-state index in [9.17, 15) is 8.42 Å². The van der Waals surface area contributed by atoms with Gasteiger partial charge in [-0.15, -0.1) is 0 Å². The fourth-order valence-corrected chi connectivity index (χ4v) is 3.92. The van der Waals surface area contributed by atoms with E-state index < -0.39 is 9.84 Å². The molecule has 0 amide bonds. The predicted octanol–water partition coefficient (Wildman–Crippen LogP) is 3.43. The summed E-state index contributed by atoms with van der Waals surface area (Å²) in [5.41, 5.74) is 0.962. The fraction of sp³-hybridized carbons (Fsp3) is 0.421. The number of nitrogens with one attached hydrogen (secondary N) is 1. The summed E-state index contributed by atoms with van der Waals surface area (Å²) in [6.07, 6.45) is 7.51. The molecule has 0 bridgehead atoms. The van der Waals surface area contributed by atoms with Crippen molar-refractivity contribution in [3.05, 3.63) is 42.1 Å². The zero-order chi connectivity index (χ0) is 18.6. The predicted molar refractivity (Wildman–Crippen MR) is 101 cm³/mol. The summed E-state index contributed by atoms with van der Waals surface area (Å²) in [5, 5.41) is 3.11. The standard InChI is InChI=1S/C19H24N2O4S/c1-24-16-10-9-14(12-17(16)25-15-6-3-4-7-15)13-21-19-18(26(2,22)23)8-5-11-20-19/h5,8-12,15H,3-4,6-7,13H2,1-2H3,(H,20,21). The maximum Gasteiger partial charge on any atom is 0.179 e. The second kappa shape index (κ2) is 7.95. The third-order valence-electron chi connectivity index (χ3n) is 4.45. The summed E-state index contributed by atoms with van der Waals surface area (Å²) in [6, 6.07) is 8.90. The first kappa shape index (κ1) is 18.5. The first-order valence-electron chi connectivity index (χ1n) is 8.70. The largest absolute Gasteiger partial charge is 0.493 e. The Labute approximate surface area is 154 Å². The van der Waals surface area contributed by atoms with Crippen molar-refractivity contribution in [2.24, 2.45) is 0 Å². The number of benzene rings is 1. The average molecular weight is 376 g/mol. The number of aromatic nitrogens is 1. The molecule has 1 aliphatic rings. The molecule has 140 valence electrons. The number of hydrogen-bond acceptors (Lipinski definition) is 6. The lowest BCUT2D eigenvalue weighted by atomic mass is 10.2. The lowest BCUT2D eigenvalue weighted by Gasteiger charge is -2.17. The molecular weight excluding hydrogens is 352 g/mol. The monoisotopic (exact) mass is 376 g/mol. The Bertz CT molecular complexity index is 862. The number of ether oxygens (including phenoxy) is 2. The Kier molecular flexibility index (Phi) is 5.66. The van der Waals surface area contributed by atoms with Gasteiger partial charge in [0.15, 0.2) is 21.3 Å². The summed E-state index contributed by atoms with van der Waals surface area (Å²) in [4.78, 5) is 4.34. The molecule has 0 spiro atoms. The van der Waals surface area contributed by atoms with E-state index in [1.54, 1.807) is 25.4 Å². The summed E-state index contributed by atoms with van der Waals surface area (Å²) in [6.45, 7) is 0.435. The maximum absolute atomic E-state index is 11.9. The van der Waals surface area contributed by atoms with Gasteiger partial charge in [-0.1, -0.05) is 6.07 Å². The van der Waals surface area contributed by atoms with Crippen molar-refractivity contribution in [3.8, 4) is 11.5 Å². The summed E-state index contributed by atoms with van der Waals surface area (Å²) < 4.78 is 35.3. The zero-order valence-corrected chi connectivity index (χ0v) is 15.9. The molecule has 1 heterocycles. The van der Waals surface area contributed by atoms with Crippen molar-refractivity contribution in [3.63, 3.8) is 0 Å². The van der Waals surface area contributed by atoms with Gasteiger partial charge in [0.1, 0.15) is 10.7 Å². The third-order valence-corrected chi connectivity index (χ3v) is 5.58. The van der Waals surface area contributed by atoms with Gasteiger partial charge >= 0.3 is 0 Å². The Morgan fingerprint density at radius 3 is 2.65 bits per heavy atom. The molecule has 0 atom stereocenters. The van der Waals surface area contributed by atoms with Crippen LogP contribution in [0.1, 0.15) is 31.2 Å². The molecule has 26 heavy (non-hydrogen) atoms. The van der Waals surface area contributed by atoms with Crippen molar-refractivity contribution < 1.29 is 17.9 Å². The molecule has 0 aliphatic heterocycles. The Balaban J connectivity index is 1.76. The highest BCUT2D eigenvalue weighted by molar-refractivity contribution is 7.90. The van der Waals surface area contributed by atoms with Crippen LogP contribution in [0.15, 0.2) is 41.4 Å². The van der Waals surface area contributed by atoms with Crippen LogP contribution in [0, 0.1) is 0 Å². The van der Waals surface area contributed by atoms with Gasteiger partial charge in [-0.25, -0.2) is 13.4 Å². The van der Waals surface area contributed by atoms with Crippen LogP contribution in [0.3, 0.4) is 0 Å². The number of nitrogens with zero attached hydrogens (tertiary/aromatic N) is 1. The highest BCUT2D eigenvalue weighted by Crippen LogP contribution is 2.32. The molecule has 1 aromatic heterocycles. The van der Waals surface area contributed by atoms with Gasteiger partial charge in [0.05, 0.1) is 13.2 Å². The van der Waals surface area contributed by atoms with E-state index in [4.69, 9.17) is 9.47 Å². The number of methoxy groups -OCH3 is 1. The van der Waals surface area contributed by atoms with Crippen molar-refractivity contribution in [1.82, 2.24) is 4.98 Å². The van der Waals surface area contributed by atoms with Crippen LogP contribution in [-0.2, 0) is 16.4 Å². The van der Waals surface area contributed by atoms with Gasteiger partial charge in [0.2, 0.25) is 0 Å². The van der Waals surface area contributed by atoms with E-state index in [1.165, 1.54) is 19.1 Å². The second-order valence-electron chi connectivity index (χ2n) is 6.49. The highest BCUT2D eigenvalue weighted by Gasteiger charge is 2.19. The van der Waals surface area contributed by atoms with Crippen molar-refractivity contribution in [2.75, 3.05) is 18.7 Å². The Morgan fingerprint density at radius 2 is 1.96 bits per heavy atom. The first-order chi connectivity index (χ1) is 12.5. The molecule has 1 aromatic carbocycles. The van der Waals surface area contributed by atoms with Crippen molar-refractivity contribution in [2.45, 2.75) is 43.2 Å². The molecule has 2 aromatic rings. The molecule has 1 aliphatic carbocycles. The van der Waals surface area contributed by atoms with Crippen molar-refractivity contribution >= 4 is 15.7 Å². The minimum Gasteiger partial charge on any atom is -0.493 e. The topological polar surface area (TPSA) is 77.5 Å². The van der Waals surface area contributed by atoms with E-state index in [0.717, 1.165) is 24.2 Å². The van der Waals surface area contributed by atoms with Gasteiger partial charge in [0, 0.05) is 19.0 Å². The molecule has 6 nitrogen and oxygen atoms in total. The van der Waals surface area contributed by atoms with Gasteiger partial charge in [0.25, 0.3) is 0 Å². The molecule has 0 unspecified atom stereocenters. The summed E-state index contributed by atoms with van der Waals surface area (Å²) in [7, 11) is -1.72. The lowest BCUT2D eigenvalue weighted by molar-refractivity contribution is 0.200. The zero-order valence-electron chi connectivity index (χ0n) is 15.1. The number of hydrogen-bond donors (Lipinski definition) is 1. The summed E-state index contributed by atoms with van der Waals surface area (Å²) >= 11 is 0. The van der Waals surface area contributed by atoms with Gasteiger partial charge in [-0.05, 0) is 55.5 Å². The number of anilines is 1. The highest BCUT2D eigenvalue weighted by atomic mass is 32.2. The van der Waals surface area contributed by atoms with Crippen LogP contribution in [-0.4, -0.2) is 32.9 Å². The van der Waals surface area contributed by atoms with E-state index >= 15 is 0 Å². The van der Waals surface area contributed by atoms with Crippen LogP contribution in [0.4, 0.5) is 5.82 Å². The minimum absolute atomic E-state index is 0.191. The maximum atomic E-state index is 11.9. The SMILES string of the molecule is COc1ccc(CNc2ncccc2S(C)(=O)=O)cc1OC1CCCC1. The van der Waals surface area contributed by atoms with Crippen LogP contribution in [0.2, 0.25) is 0 Å². The molecule has 0 radical (unpaired) electrons. The smallest absolute Gasteiger partial charge is 0.179 e. The van der Waals surface area contributed by atoms with E-state index in [1.807, 2.05) is 18.2 Å². The molecule has 0 saturated heterocycles. The molecule has 3 rings (SSSR count). The summed E-state index contributed by atoms with van der Waals surface area (Å²) in [5.74, 6) is 1.78. The normalized spacial score (nSPS) is 15.0. The Hall–Kier alpha value is -2.28. The molecule has 1 fully saturated rings. The van der Waals surface area contributed by atoms with E-state index in [0.29, 0.717) is 18.1 Å². The van der Waals surface area contributed by atoms with Crippen LogP contribution < -0.4 is 14.8 Å². The minimum atomic E-state index is -3.34. The number of pyridine rings is 1. The number of rotatable bonds is 7. The van der Waals surface area contributed by atoms with Gasteiger partial charge < -0.3 is 14.8 Å². The molecule has 1 saturated carbocycles. The van der Waals surface area contributed by atoms with E-state index in [2.05, 4.69) is 10.3 Å². The molecular formula is C19H24N2O4S. The van der Waals surface area contributed by atoms with E-state index in [-0.39, 0.29) is 11.0 Å². The van der Waals surface area contributed by atoms with Crippen molar-refractivity contribution in [1.29, 1.82) is 0 Å². The quantitative estimate of drug-likeness (QED) is 0.798. The van der Waals surface area contributed by atoms with Gasteiger partial charge in [-0.3, -0.25) is 0 Å².